The Balaban J connectivity index is 2.66. The molecule has 1 N–H and O–H groups in total. The van der Waals surface area contributed by atoms with Gasteiger partial charge in [-0.2, -0.15) is 0 Å². The first-order valence-electron chi connectivity index (χ1n) is 6.43. The average molecular weight is 286 g/mol. The molecule has 1 fully saturated rings. The predicted octanol–water partition coefficient (Wildman–Crippen LogP) is 1.66. The highest BCUT2D eigenvalue weighted by Gasteiger charge is 2.40. The van der Waals surface area contributed by atoms with Gasteiger partial charge < -0.3 is 14.8 Å². The number of nitrogens with one attached hydrogen (secondary N) is 1. The molecule has 1 heterocycles. The molecule has 114 valence electrons. The zero-order valence-corrected chi connectivity index (χ0v) is 12.8. The van der Waals surface area contributed by atoms with Crippen molar-refractivity contribution in [2.24, 2.45) is 0 Å². The molecule has 3 amide bonds. The molecular formula is C13H22N2O5. The van der Waals surface area contributed by atoms with Crippen LogP contribution in [0.1, 0.15) is 41.5 Å². The van der Waals surface area contributed by atoms with Crippen LogP contribution in [-0.2, 0) is 14.3 Å². The Morgan fingerprint density at radius 3 is 2.05 bits per heavy atom. The molecule has 20 heavy (non-hydrogen) atoms. The number of urea groups is 1. The Labute approximate surface area is 118 Å². The van der Waals surface area contributed by atoms with Gasteiger partial charge in [0.1, 0.15) is 17.2 Å². The topological polar surface area (TPSA) is 84.9 Å². The molecule has 0 aromatic heterocycles. The summed E-state index contributed by atoms with van der Waals surface area (Å²) in [6, 6.07) is -1.52. The van der Waals surface area contributed by atoms with Crippen LogP contribution in [0.4, 0.5) is 9.59 Å². The van der Waals surface area contributed by atoms with Gasteiger partial charge in [-0.3, -0.25) is 0 Å². The van der Waals surface area contributed by atoms with Crippen LogP contribution < -0.4 is 5.32 Å². The van der Waals surface area contributed by atoms with Crippen LogP contribution in [-0.4, -0.2) is 46.8 Å². The molecule has 1 aliphatic heterocycles. The lowest BCUT2D eigenvalue weighted by Crippen LogP contribution is -2.39. The third-order valence-electron chi connectivity index (χ3n) is 2.21. The van der Waals surface area contributed by atoms with E-state index < -0.39 is 35.3 Å². The summed E-state index contributed by atoms with van der Waals surface area (Å²) in [7, 11) is 0. The van der Waals surface area contributed by atoms with E-state index in [4.69, 9.17) is 9.47 Å². The minimum Gasteiger partial charge on any atom is -0.458 e. The number of rotatable bonds is 1. The largest absolute Gasteiger partial charge is 0.458 e. The van der Waals surface area contributed by atoms with Crippen molar-refractivity contribution >= 4 is 18.1 Å². The summed E-state index contributed by atoms with van der Waals surface area (Å²) in [4.78, 5) is 36.2. The summed E-state index contributed by atoms with van der Waals surface area (Å²) in [5.74, 6) is -0.572. The fourth-order valence-electron chi connectivity index (χ4n) is 1.52. The molecule has 0 saturated carbocycles. The van der Waals surface area contributed by atoms with Crippen molar-refractivity contribution in [2.75, 3.05) is 6.54 Å². The predicted molar refractivity (Wildman–Crippen MR) is 71.1 cm³/mol. The molecule has 0 aromatic rings. The van der Waals surface area contributed by atoms with Crippen LogP contribution >= 0.6 is 0 Å². The Hall–Kier alpha value is -1.79. The van der Waals surface area contributed by atoms with Gasteiger partial charge >= 0.3 is 18.1 Å². The fourth-order valence-corrected chi connectivity index (χ4v) is 1.52. The van der Waals surface area contributed by atoms with Gasteiger partial charge in [0.05, 0.1) is 6.54 Å². The maximum Gasteiger partial charge on any atom is 0.418 e. The van der Waals surface area contributed by atoms with Gasteiger partial charge in [-0.05, 0) is 41.5 Å². The highest BCUT2D eigenvalue weighted by molar-refractivity contribution is 5.97. The molecule has 1 atom stereocenters. The maximum absolute atomic E-state index is 11.8. The molecule has 0 unspecified atom stereocenters. The molecule has 7 nitrogen and oxygen atoms in total. The van der Waals surface area contributed by atoms with Gasteiger partial charge in [0, 0.05) is 0 Å². The number of nitrogens with zero attached hydrogens (tertiary/aromatic N) is 1. The first kappa shape index (κ1) is 16.3. The van der Waals surface area contributed by atoms with Crippen molar-refractivity contribution in [3.63, 3.8) is 0 Å². The molecule has 0 aliphatic carbocycles. The molecule has 1 saturated heterocycles. The van der Waals surface area contributed by atoms with Crippen molar-refractivity contribution in [1.82, 2.24) is 10.2 Å². The number of ether oxygens (including phenoxy) is 2. The fraction of sp³-hybridized carbons (Fsp3) is 0.769. The Bertz CT molecular complexity index is 419. The first-order chi connectivity index (χ1) is 8.89. The van der Waals surface area contributed by atoms with E-state index in [1.807, 2.05) is 0 Å². The van der Waals surface area contributed by atoms with Crippen LogP contribution in [0.15, 0.2) is 0 Å². The minimum absolute atomic E-state index is 0.0946. The summed E-state index contributed by atoms with van der Waals surface area (Å²) >= 11 is 0. The molecule has 0 bridgehead atoms. The molecule has 7 heteroatoms. The molecule has 0 aromatic carbocycles. The highest BCUT2D eigenvalue weighted by atomic mass is 16.6. The number of hydrogen-bond donors (Lipinski definition) is 1. The monoisotopic (exact) mass is 286 g/mol. The van der Waals surface area contributed by atoms with Gasteiger partial charge in [0.25, 0.3) is 0 Å². The molecule has 1 aliphatic rings. The Morgan fingerprint density at radius 1 is 1.10 bits per heavy atom. The van der Waals surface area contributed by atoms with Gasteiger partial charge in [-0.25, -0.2) is 19.3 Å². The number of esters is 1. The second-order valence-corrected chi connectivity index (χ2v) is 6.63. The van der Waals surface area contributed by atoms with Crippen LogP contribution in [0.5, 0.6) is 0 Å². The van der Waals surface area contributed by atoms with E-state index in [0.29, 0.717) is 0 Å². The summed E-state index contributed by atoms with van der Waals surface area (Å²) in [5, 5.41) is 2.40. The zero-order chi connectivity index (χ0) is 15.7. The van der Waals surface area contributed by atoms with Crippen molar-refractivity contribution in [1.29, 1.82) is 0 Å². The first-order valence-corrected chi connectivity index (χ1v) is 6.43. The zero-order valence-electron chi connectivity index (χ0n) is 12.8. The van der Waals surface area contributed by atoms with E-state index in [0.717, 1.165) is 4.90 Å². The standard InChI is InChI=1S/C13H22N2O5/c1-12(2,3)19-9(16)8-7-15(10(17)14-8)11(18)20-13(4,5)6/h8H,7H2,1-6H3,(H,14,17)/t8-/m1/s1. The average Bonchev–Trinajstić information content (AvgIpc) is 2.55. The Morgan fingerprint density at radius 2 is 1.60 bits per heavy atom. The van der Waals surface area contributed by atoms with Crippen LogP contribution in [0.2, 0.25) is 0 Å². The summed E-state index contributed by atoms with van der Waals surface area (Å²) < 4.78 is 10.3. The minimum atomic E-state index is -0.866. The SMILES string of the molecule is CC(C)(C)OC(=O)[C@H]1CN(C(=O)OC(C)(C)C)C(=O)N1. The van der Waals surface area contributed by atoms with E-state index in [1.54, 1.807) is 41.5 Å². The quantitative estimate of drug-likeness (QED) is 0.741. The summed E-state index contributed by atoms with van der Waals surface area (Å²) in [5.41, 5.74) is -1.36. The molecule has 0 radical (unpaired) electrons. The maximum atomic E-state index is 11.8. The van der Waals surface area contributed by atoms with E-state index in [9.17, 15) is 14.4 Å². The number of hydrogen-bond acceptors (Lipinski definition) is 5. The summed E-state index contributed by atoms with van der Waals surface area (Å²) in [6.45, 7) is 10.2. The molecular weight excluding hydrogens is 264 g/mol. The van der Waals surface area contributed by atoms with Gasteiger partial charge in [0.15, 0.2) is 0 Å². The number of carbonyl (C=O) groups is 3. The Kier molecular flexibility index (Phi) is 4.31. The van der Waals surface area contributed by atoms with Crippen LogP contribution in [0.25, 0.3) is 0 Å². The van der Waals surface area contributed by atoms with Crippen molar-refractivity contribution in [3.05, 3.63) is 0 Å². The lowest BCUT2D eigenvalue weighted by atomic mass is 10.2. The van der Waals surface area contributed by atoms with Crippen LogP contribution in [0, 0.1) is 0 Å². The third kappa shape index (κ3) is 4.71. The number of imide groups is 1. The lowest BCUT2D eigenvalue weighted by Gasteiger charge is -2.23. The van der Waals surface area contributed by atoms with Gasteiger partial charge in [0.2, 0.25) is 0 Å². The molecule has 1 rings (SSSR count). The number of carbonyl (C=O) groups excluding carboxylic acids is 3. The number of amides is 3. The van der Waals surface area contributed by atoms with Gasteiger partial charge in [-0.1, -0.05) is 0 Å². The van der Waals surface area contributed by atoms with E-state index in [1.165, 1.54) is 0 Å². The van der Waals surface area contributed by atoms with Crippen molar-refractivity contribution < 1.29 is 23.9 Å². The van der Waals surface area contributed by atoms with Crippen molar-refractivity contribution in [3.8, 4) is 0 Å². The van der Waals surface area contributed by atoms with Gasteiger partial charge in [-0.15, -0.1) is 0 Å². The highest BCUT2D eigenvalue weighted by Crippen LogP contribution is 2.15. The lowest BCUT2D eigenvalue weighted by molar-refractivity contribution is -0.156. The van der Waals surface area contributed by atoms with E-state index in [-0.39, 0.29) is 6.54 Å². The van der Waals surface area contributed by atoms with E-state index in [2.05, 4.69) is 5.32 Å². The molecule has 0 spiro atoms. The second kappa shape index (κ2) is 5.30. The third-order valence-corrected chi connectivity index (χ3v) is 2.21. The summed E-state index contributed by atoms with van der Waals surface area (Å²) in [6.07, 6.45) is -0.777. The normalized spacial score (nSPS) is 19.6. The smallest absolute Gasteiger partial charge is 0.418 e. The second-order valence-electron chi connectivity index (χ2n) is 6.63. The van der Waals surface area contributed by atoms with E-state index >= 15 is 0 Å². The van der Waals surface area contributed by atoms with Crippen molar-refractivity contribution in [2.45, 2.75) is 58.8 Å². The van der Waals surface area contributed by atoms with Crippen LogP contribution in [0.3, 0.4) is 0 Å².